The standard InChI is InChI=1S/C13H14N2O/c1-2-14-9-5-6-11-10(8-9)13-12(16-11)4-3-7-15-13/h3-8,12-14H,2H2,1H3. The van der Waals surface area contributed by atoms with Crippen LogP contribution >= 0.6 is 0 Å². The van der Waals surface area contributed by atoms with Gasteiger partial charge in [0.05, 0.1) is 0 Å². The Morgan fingerprint density at radius 1 is 1.44 bits per heavy atom. The van der Waals surface area contributed by atoms with Crippen molar-refractivity contribution in [3.8, 4) is 5.75 Å². The Balaban J connectivity index is 1.98. The van der Waals surface area contributed by atoms with Gasteiger partial charge in [0.1, 0.15) is 17.9 Å². The molecule has 0 bridgehead atoms. The van der Waals surface area contributed by atoms with Gasteiger partial charge in [-0.25, -0.2) is 0 Å². The Kier molecular flexibility index (Phi) is 2.17. The molecule has 0 spiro atoms. The fraction of sp³-hybridized carbons (Fsp3) is 0.308. The maximum Gasteiger partial charge on any atom is 0.144 e. The lowest BCUT2D eigenvalue weighted by molar-refractivity contribution is 0.257. The molecule has 0 aromatic heterocycles. The Bertz CT molecular complexity index is 465. The number of rotatable bonds is 2. The molecule has 2 heterocycles. The lowest BCUT2D eigenvalue weighted by Gasteiger charge is -2.13. The fourth-order valence-electron chi connectivity index (χ4n) is 2.20. The molecule has 2 unspecified atom stereocenters. The van der Waals surface area contributed by atoms with Crippen molar-refractivity contribution < 1.29 is 4.74 Å². The molecule has 16 heavy (non-hydrogen) atoms. The molecule has 0 saturated carbocycles. The quantitative estimate of drug-likeness (QED) is 0.820. The third kappa shape index (κ3) is 1.40. The number of ether oxygens (including phenoxy) is 1. The average Bonchev–Trinajstić information content (AvgIpc) is 2.68. The summed E-state index contributed by atoms with van der Waals surface area (Å²) in [6, 6.07) is 6.35. The van der Waals surface area contributed by atoms with Crippen LogP contribution in [0, 0.1) is 0 Å². The number of benzene rings is 1. The first-order valence-electron chi connectivity index (χ1n) is 5.63. The molecule has 0 radical (unpaired) electrons. The Morgan fingerprint density at radius 3 is 3.25 bits per heavy atom. The average molecular weight is 214 g/mol. The molecule has 2 aliphatic heterocycles. The summed E-state index contributed by atoms with van der Waals surface area (Å²) >= 11 is 0. The molecule has 0 amide bonds. The lowest BCUT2D eigenvalue weighted by atomic mass is 10.0. The van der Waals surface area contributed by atoms with Crippen molar-refractivity contribution in [2.45, 2.75) is 19.1 Å². The molecular weight excluding hydrogens is 200 g/mol. The van der Waals surface area contributed by atoms with Gasteiger partial charge < -0.3 is 10.1 Å². The van der Waals surface area contributed by atoms with Crippen molar-refractivity contribution in [1.29, 1.82) is 0 Å². The van der Waals surface area contributed by atoms with E-state index in [1.807, 2.05) is 24.4 Å². The van der Waals surface area contributed by atoms with Gasteiger partial charge in [-0.3, -0.25) is 4.99 Å². The highest BCUT2D eigenvalue weighted by Gasteiger charge is 2.33. The number of hydrogen-bond donors (Lipinski definition) is 1. The molecule has 1 aromatic carbocycles. The molecular formula is C13H14N2O. The summed E-state index contributed by atoms with van der Waals surface area (Å²) in [6.45, 7) is 3.02. The van der Waals surface area contributed by atoms with Crippen molar-refractivity contribution in [2.75, 3.05) is 11.9 Å². The topological polar surface area (TPSA) is 33.6 Å². The van der Waals surface area contributed by atoms with Crippen molar-refractivity contribution in [1.82, 2.24) is 0 Å². The smallest absolute Gasteiger partial charge is 0.144 e. The number of hydrogen-bond acceptors (Lipinski definition) is 3. The molecule has 2 aliphatic rings. The van der Waals surface area contributed by atoms with E-state index in [4.69, 9.17) is 4.74 Å². The largest absolute Gasteiger partial charge is 0.483 e. The normalized spacial score (nSPS) is 24.8. The third-order valence-corrected chi connectivity index (χ3v) is 2.92. The van der Waals surface area contributed by atoms with Crippen molar-refractivity contribution in [2.24, 2.45) is 4.99 Å². The Hall–Kier alpha value is -1.77. The molecule has 1 N–H and O–H groups in total. The van der Waals surface area contributed by atoms with Gasteiger partial charge in [0.25, 0.3) is 0 Å². The first kappa shape index (κ1) is 9.46. The van der Waals surface area contributed by atoms with Gasteiger partial charge in [0.2, 0.25) is 0 Å². The van der Waals surface area contributed by atoms with Crippen LogP contribution in [0.5, 0.6) is 5.75 Å². The zero-order valence-electron chi connectivity index (χ0n) is 9.18. The van der Waals surface area contributed by atoms with E-state index in [2.05, 4.69) is 29.4 Å². The summed E-state index contributed by atoms with van der Waals surface area (Å²) in [5.41, 5.74) is 2.32. The molecule has 3 nitrogen and oxygen atoms in total. The molecule has 82 valence electrons. The Morgan fingerprint density at radius 2 is 2.38 bits per heavy atom. The molecule has 0 saturated heterocycles. The van der Waals surface area contributed by atoms with E-state index < -0.39 is 0 Å². The van der Waals surface area contributed by atoms with Crippen molar-refractivity contribution in [3.63, 3.8) is 0 Å². The minimum Gasteiger partial charge on any atom is -0.483 e. The van der Waals surface area contributed by atoms with Crippen LogP contribution in [-0.4, -0.2) is 18.9 Å². The summed E-state index contributed by atoms with van der Waals surface area (Å²) in [4.78, 5) is 4.47. The lowest BCUT2D eigenvalue weighted by Crippen LogP contribution is -2.16. The second-order valence-electron chi connectivity index (χ2n) is 3.99. The van der Waals surface area contributed by atoms with Gasteiger partial charge in [-0.2, -0.15) is 0 Å². The van der Waals surface area contributed by atoms with Crippen LogP contribution in [0.1, 0.15) is 18.5 Å². The van der Waals surface area contributed by atoms with Crippen molar-refractivity contribution in [3.05, 3.63) is 35.9 Å². The monoisotopic (exact) mass is 214 g/mol. The molecule has 3 rings (SSSR count). The van der Waals surface area contributed by atoms with Crippen LogP contribution in [-0.2, 0) is 0 Å². The third-order valence-electron chi connectivity index (χ3n) is 2.92. The van der Waals surface area contributed by atoms with Gasteiger partial charge in [-0.05, 0) is 37.3 Å². The van der Waals surface area contributed by atoms with Crippen LogP contribution < -0.4 is 10.1 Å². The van der Waals surface area contributed by atoms with Gasteiger partial charge in [0, 0.05) is 24.0 Å². The minimum absolute atomic E-state index is 0.0804. The van der Waals surface area contributed by atoms with E-state index in [1.54, 1.807) is 0 Å². The predicted octanol–water partition coefficient (Wildman–Crippen LogP) is 2.56. The molecule has 0 fully saturated rings. The zero-order chi connectivity index (χ0) is 11.0. The van der Waals surface area contributed by atoms with Gasteiger partial charge >= 0.3 is 0 Å². The number of fused-ring (bicyclic) bond motifs is 3. The SMILES string of the molecule is CCNc1ccc2c(c1)C1N=CC=CC1O2. The first-order valence-corrected chi connectivity index (χ1v) is 5.63. The number of nitrogens with one attached hydrogen (secondary N) is 1. The fourth-order valence-corrected chi connectivity index (χ4v) is 2.20. The predicted molar refractivity (Wildman–Crippen MR) is 65.4 cm³/mol. The minimum atomic E-state index is 0.0804. The summed E-state index contributed by atoms with van der Waals surface area (Å²) < 4.78 is 5.82. The number of nitrogens with zero attached hydrogens (tertiary/aromatic N) is 1. The van der Waals surface area contributed by atoms with E-state index in [0.717, 1.165) is 18.0 Å². The number of anilines is 1. The number of dihydropyridines is 1. The molecule has 1 aromatic rings. The number of allylic oxidation sites excluding steroid dienone is 1. The zero-order valence-corrected chi connectivity index (χ0v) is 9.18. The second-order valence-corrected chi connectivity index (χ2v) is 3.99. The number of aliphatic imine (C=N–C) groups is 1. The highest BCUT2D eigenvalue weighted by Crippen LogP contribution is 2.41. The van der Waals surface area contributed by atoms with E-state index in [-0.39, 0.29) is 12.1 Å². The summed E-state index contributed by atoms with van der Waals surface area (Å²) in [5.74, 6) is 0.959. The first-order chi connectivity index (χ1) is 7.88. The van der Waals surface area contributed by atoms with Crippen LogP contribution in [0.25, 0.3) is 0 Å². The molecule has 2 atom stereocenters. The van der Waals surface area contributed by atoms with Gasteiger partial charge in [0.15, 0.2) is 0 Å². The highest BCUT2D eigenvalue weighted by molar-refractivity contribution is 5.73. The van der Waals surface area contributed by atoms with E-state index in [9.17, 15) is 0 Å². The van der Waals surface area contributed by atoms with Crippen LogP contribution in [0.3, 0.4) is 0 Å². The maximum absolute atomic E-state index is 5.82. The van der Waals surface area contributed by atoms with Crippen LogP contribution in [0.2, 0.25) is 0 Å². The summed E-state index contributed by atoms with van der Waals surface area (Å²) in [5, 5.41) is 3.31. The van der Waals surface area contributed by atoms with E-state index in [0.29, 0.717) is 0 Å². The van der Waals surface area contributed by atoms with Crippen LogP contribution in [0.15, 0.2) is 35.3 Å². The van der Waals surface area contributed by atoms with Gasteiger partial charge in [-0.15, -0.1) is 0 Å². The van der Waals surface area contributed by atoms with Crippen molar-refractivity contribution >= 4 is 11.9 Å². The maximum atomic E-state index is 5.82. The molecule has 0 aliphatic carbocycles. The van der Waals surface area contributed by atoms with E-state index >= 15 is 0 Å². The summed E-state index contributed by atoms with van der Waals surface area (Å²) in [6.07, 6.45) is 5.93. The Labute approximate surface area is 94.8 Å². The van der Waals surface area contributed by atoms with Crippen LogP contribution in [0.4, 0.5) is 5.69 Å². The molecule has 3 heteroatoms. The highest BCUT2D eigenvalue weighted by atomic mass is 16.5. The second kappa shape index (κ2) is 3.67. The van der Waals surface area contributed by atoms with E-state index in [1.165, 1.54) is 5.56 Å². The van der Waals surface area contributed by atoms with Gasteiger partial charge in [-0.1, -0.05) is 0 Å². The summed E-state index contributed by atoms with van der Waals surface area (Å²) in [7, 11) is 0.